The van der Waals surface area contributed by atoms with Crippen molar-refractivity contribution in [2.75, 3.05) is 13.7 Å². The van der Waals surface area contributed by atoms with Crippen LogP contribution < -0.4 is 10.1 Å². The number of aromatic nitrogens is 1. The van der Waals surface area contributed by atoms with Gasteiger partial charge < -0.3 is 19.5 Å². The fourth-order valence-corrected chi connectivity index (χ4v) is 3.86. The zero-order chi connectivity index (χ0) is 19.5. The Morgan fingerprint density at radius 2 is 2.04 bits per heavy atom. The van der Waals surface area contributed by atoms with Crippen LogP contribution in [0.4, 0.5) is 0 Å². The number of carbonyl (C=O) groups excluding carboxylic acids is 2. The van der Waals surface area contributed by atoms with E-state index >= 15 is 0 Å². The quantitative estimate of drug-likeness (QED) is 0.836. The molecule has 1 N–H and O–H groups in total. The van der Waals surface area contributed by atoms with Gasteiger partial charge in [0, 0.05) is 37.8 Å². The Morgan fingerprint density at radius 3 is 2.82 bits per heavy atom. The average molecular weight is 381 g/mol. The summed E-state index contributed by atoms with van der Waals surface area (Å²) in [7, 11) is 1.64. The first kappa shape index (κ1) is 18.6. The summed E-state index contributed by atoms with van der Waals surface area (Å²) < 4.78 is 7.35. The lowest BCUT2D eigenvalue weighted by Gasteiger charge is -2.21. The maximum absolute atomic E-state index is 12.7. The second-order valence-corrected chi connectivity index (χ2v) is 7.70. The van der Waals surface area contributed by atoms with Crippen molar-refractivity contribution in [1.82, 2.24) is 14.8 Å². The third kappa shape index (κ3) is 4.21. The molecular formula is C22H27N3O3. The van der Waals surface area contributed by atoms with E-state index in [1.54, 1.807) is 7.11 Å². The summed E-state index contributed by atoms with van der Waals surface area (Å²) in [4.78, 5) is 27.2. The molecule has 4 rings (SSSR count). The molecule has 6 heteroatoms. The van der Waals surface area contributed by atoms with Crippen molar-refractivity contribution in [2.24, 2.45) is 0 Å². The Balaban J connectivity index is 1.36. The molecule has 6 nitrogen and oxygen atoms in total. The second-order valence-electron chi connectivity index (χ2n) is 7.70. The van der Waals surface area contributed by atoms with Crippen LogP contribution in [0, 0.1) is 0 Å². The van der Waals surface area contributed by atoms with Gasteiger partial charge in [0.25, 0.3) is 5.91 Å². The number of likely N-dealkylation sites (tertiary alicyclic amines) is 1. The number of rotatable bonds is 6. The van der Waals surface area contributed by atoms with Crippen molar-refractivity contribution >= 4 is 11.8 Å². The molecule has 0 spiro atoms. The van der Waals surface area contributed by atoms with Gasteiger partial charge >= 0.3 is 0 Å². The lowest BCUT2D eigenvalue weighted by atomic mass is 10.1. The largest absolute Gasteiger partial charge is 0.497 e. The molecule has 1 aliphatic carbocycles. The number of carbonyl (C=O) groups is 2. The molecular weight excluding hydrogens is 354 g/mol. The van der Waals surface area contributed by atoms with Crippen molar-refractivity contribution in [3.8, 4) is 5.75 Å². The summed E-state index contributed by atoms with van der Waals surface area (Å²) in [6.45, 7) is 1.21. The van der Waals surface area contributed by atoms with Gasteiger partial charge in [-0.25, -0.2) is 0 Å². The van der Waals surface area contributed by atoms with Gasteiger partial charge in [-0.1, -0.05) is 12.1 Å². The summed E-state index contributed by atoms with van der Waals surface area (Å²) >= 11 is 0. The molecule has 1 aromatic carbocycles. The molecule has 1 unspecified atom stereocenters. The van der Waals surface area contributed by atoms with E-state index in [4.69, 9.17) is 4.74 Å². The molecule has 2 fully saturated rings. The zero-order valence-electron chi connectivity index (χ0n) is 16.3. The number of amides is 2. The van der Waals surface area contributed by atoms with Gasteiger partial charge in [0.15, 0.2) is 0 Å². The van der Waals surface area contributed by atoms with E-state index in [0.717, 1.165) is 36.3 Å². The number of benzene rings is 1. The SMILES string of the molecule is COc1cccc(CN2CCC(NC(=O)c3cccn3C3CC3)CCC2=O)c1. The van der Waals surface area contributed by atoms with Crippen LogP contribution in [0.5, 0.6) is 5.75 Å². The maximum Gasteiger partial charge on any atom is 0.268 e. The third-order valence-corrected chi connectivity index (χ3v) is 5.60. The predicted octanol–water partition coefficient (Wildman–Crippen LogP) is 3.14. The van der Waals surface area contributed by atoms with Crippen LogP contribution in [0.25, 0.3) is 0 Å². The standard InChI is InChI=1S/C22H27N3O3/c1-28-19-5-2-4-16(14-19)15-24-13-11-17(7-10-21(24)26)23-22(27)20-6-3-12-25(20)18-8-9-18/h2-6,12,14,17-18H,7-11,13,15H2,1H3,(H,23,27). The topological polar surface area (TPSA) is 63.6 Å². The highest BCUT2D eigenvalue weighted by molar-refractivity contribution is 5.93. The minimum atomic E-state index is -0.0319. The smallest absolute Gasteiger partial charge is 0.268 e. The molecule has 1 aliphatic heterocycles. The van der Waals surface area contributed by atoms with Gasteiger partial charge in [0.05, 0.1) is 7.11 Å². The van der Waals surface area contributed by atoms with Crippen LogP contribution >= 0.6 is 0 Å². The van der Waals surface area contributed by atoms with Gasteiger partial charge in [0.1, 0.15) is 11.4 Å². The highest BCUT2D eigenvalue weighted by Crippen LogP contribution is 2.36. The van der Waals surface area contributed by atoms with Gasteiger partial charge in [-0.15, -0.1) is 0 Å². The van der Waals surface area contributed by atoms with Gasteiger partial charge in [-0.3, -0.25) is 9.59 Å². The zero-order valence-corrected chi connectivity index (χ0v) is 16.3. The fourth-order valence-electron chi connectivity index (χ4n) is 3.86. The van der Waals surface area contributed by atoms with E-state index in [2.05, 4.69) is 9.88 Å². The Bertz CT molecular complexity index is 856. The molecule has 1 saturated heterocycles. The molecule has 2 aromatic rings. The molecule has 1 atom stereocenters. The first-order valence-electron chi connectivity index (χ1n) is 10.0. The number of ether oxygens (including phenoxy) is 1. The minimum Gasteiger partial charge on any atom is -0.497 e. The Hall–Kier alpha value is -2.76. The molecule has 0 bridgehead atoms. The Labute approximate surface area is 165 Å². The Kier molecular flexibility index (Phi) is 5.37. The number of hydrogen-bond acceptors (Lipinski definition) is 3. The van der Waals surface area contributed by atoms with E-state index < -0.39 is 0 Å². The van der Waals surface area contributed by atoms with Crippen molar-refractivity contribution in [2.45, 2.75) is 50.7 Å². The first-order chi connectivity index (χ1) is 13.6. The van der Waals surface area contributed by atoms with Crippen LogP contribution in [0.1, 0.15) is 54.2 Å². The molecule has 1 saturated carbocycles. The van der Waals surface area contributed by atoms with Crippen LogP contribution in [0.2, 0.25) is 0 Å². The predicted molar refractivity (Wildman–Crippen MR) is 106 cm³/mol. The lowest BCUT2D eigenvalue weighted by molar-refractivity contribution is -0.131. The van der Waals surface area contributed by atoms with Crippen LogP contribution in [-0.4, -0.2) is 41.0 Å². The number of nitrogens with zero attached hydrogens (tertiary/aromatic N) is 2. The molecule has 28 heavy (non-hydrogen) atoms. The summed E-state index contributed by atoms with van der Waals surface area (Å²) in [5, 5.41) is 3.15. The lowest BCUT2D eigenvalue weighted by Crippen LogP contribution is -2.36. The molecule has 0 radical (unpaired) electrons. The van der Waals surface area contributed by atoms with E-state index in [-0.39, 0.29) is 17.9 Å². The monoisotopic (exact) mass is 381 g/mol. The fraction of sp³-hybridized carbons (Fsp3) is 0.455. The molecule has 2 heterocycles. The second kappa shape index (κ2) is 8.09. The molecule has 2 aliphatic rings. The number of hydrogen-bond donors (Lipinski definition) is 1. The van der Waals surface area contributed by atoms with Crippen molar-refractivity contribution in [3.05, 3.63) is 53.9 Å². The normalized spacial score (nSPS) is 20.0. The maximum atomic E-state index is 12.7. The number of nitrogens with one attached hydrogen (secondary N) is 1. The third-order valence-electron chi connectivity index (χ3n) is 5.60. The van der Waals surface area contributed by atoms with Gasteiger partial charge in [-0.2, -0.15) is 0 Å². The van der Waals surface area contributed by atoms with Crippen LogP contribution in [-0.2, 0) is 11.3 Å². The summed E-state index contributed by atoms with van der Waals surface area (Å²) in [6, 6.07) is 12.1. The molecule has 148 valence electrons. The van der Waals surface area contributed by atoms with Crippen LogP contribution in [0.15, 0.2) is 42.6 Å². The molecule has 1 aromatic heterocycles. The van der Waals surface area contributed by atoms with Crippen molar-refractivity contribution < 1.29 is 14.3 Å². The summed E-state index contributed by atoms with van der Waals surface area (Å²) in [6.07, 6.45) is 6.19. The minimum absolute atomic E-state index is 0.0225. The first-order valence-corrected chi connectivity index (χ1v) is 10.0. The van der Waals surface area contributed by atoms with Crippen molar-refractivity contribution in [1.29, 1.82) is 0 Å². The van der Waals surface area contributed by atoms with Gasteiger partial charge in [0.2, 0.25) is 5.91 Å². The highest BCUT2D eigenvalue weighted by atomic mass is 16.5. The summed E-state index contributed by atoms with van der Waals surface area (Å²) in [5.41, 5.74) is 1.78. The van der Waals surface area contributed by atoms with Crippen LogP contribution in [0.3, 0.4) is 0 Å². The average Bonchev–Trinajstić information content (AvgIpc) is 3.46. The van der Waals surface area contributed by atoms with E-state index in [9.17, 15) is 9.59 Å². The van der Waals surface area contributed by atoms with Gasteiger partial charge in [-0.05, 0) is 55.5 Å². The van der Waals surface area contributed by atoms with E-state index in [1.165, 1.54) is 0 Å². The summed E-state index contributed by atoms with van der Waals surface area (Å²) in [5.74, 6) is 0.903. The molecule has 2 amide bonds. The van der Waals surface area contributed by atoms with E-state index in [0.29, 0.717) is 32.0 Å². The van der Waals surface area contributed by atoms with Crippen molar-refractivity contribution in [3.63, 3.8) is 0 Å². The highest BCUT2D eigenvalue weighted by Gasteiger charge is 2.28. The Morgan fingerprint density at radius 1 is 1.18 bits per heavy atom. The number of methoxy groups -OCH3 is 1. The van der Waals surface area contributed by atoms with E-state index in [1.807, 2.05) is 47.5 Å².